The van der Waals surface area contributed by atoms with Crippen LogP contribution in [0, 0.1) is 0 Å². The third kappa shape index (κ3) is 3.78. The van der Waals surface area contributed by atoms with Crippen molar-refractivity contribution >= 4 is 35.0 Å². The van der Waals surface area contributed by atoms with Crippen LogP contribution in [0.5, 0.6) is 5.75 Å². The van der Waals surface area contributed by atoms with Gasteiger partial charge in [-0.15, -0.1) is 11.8 Å². The molecule has 0 heterocycles. The summed E-state index contributed by atoms with van der Waals surface area (Å²) in [6, 6.07) is 3.75. The molecule has 1 rings (SSSR count). The van der Waals surface area contributed by atoms with Gasteiger partial charge in [0.1, 0.15) is 0 Å². The maximum absolute atomic E-state index is 6.07. The first-order chi connectivity index (χ1) is 7.19. The molecule has 0 saturated heterocycles. The largest absolute Gasteiger partial charge is 0.490 e. The number of halogens is 2. The standard InChI is InChI=1S/C11H14Cl2OS/c1-3-4-5-14-11-9(12)6-8(15-2)7-10(11)13/h6-7H,3-5H2,1-2H3. The number of benzene rings is 1. The molecule has 0 spiro atoms. The van der Waals surface area contributed by atoms with E-state index in [0.717, 1.165) is 17.7 Å². The van der Waals surface area contributed by atoms with Gasteiger partial charge in [0.2, 0.25) is 0 Å². The minimum atomic E-state index is 0.586. The highest BCUT2D eigenvalue weighted by atomic mass is 35.5. The number of thioether (sulfide) groups is 1. The van der Waals surface area contributed by atoms with E-state index >= 15 is 0 Å². The molecule has 84 valence electrons. The predicted octanol–water partition coefficient (Wildman–Crippen LogP) is 4.89. The normalized spacial score (nSPS) is 10.4. The zero-order valence-corrected chi connectivity index (χ0v) is 11.2. The Kier molecular flexibility index (Phi) is 5.65. The Labute approximate surface area is 105 Å². The van der Waals surface area contributed by atoms with Gasteiger partial charge >= 0.3 is 0 Å². The molecular formula is C11H14Cl2OS. The van der Waals surface area contributed by atoms with E-state index in [1.807, 2.05) is 18.4 Å². The molecular weight excluding hydrogens is 251 g/mol. The van der Waals surface area contributed by atoms with Crippen molar-refractivity contribution in [3.05, 3.63) is 22.2 Å². The maximum atomic E-state index is 6.07. The zero-order valence-electron chi connectivity index (χ0n) is 8.85. The molecule has 1 aromatic rings. The molecule has 0 aliphatic rings. The fraction of sp³-hybridized carbons (Fsp3) is 0.455. The average molecular weight is 265 g/mol. The maximum Gasteiger partial charge on any atom is 0.156 e. The number of unbranched alkanes of at least 4 members (excludes halogenated alkanes) is 1. The first-order valence-electron chi connectivity index (χ1n) is 4.84. The fourth-order valence-corrected chi connectivity index (χ4v) is 2.31. The van der Waals surface area contributed by atoms with Crippen LogP contribution in [0.4, 0.5) is 0 Å². The topological polar surface area (TPSA) is 9.23 Å². The predicted molar refractivity (Wildman–Crippen MR) is 68.6 cm³/mol. The van der Waals surface area contributed by atoms with Crippen LogP contribution >= 0.6 is 35.0 Å². The van der Waals surface area contributed by atoms with Crippen LogP contribution in [0.3, 0.4) is 0 Å². The SMILES string of the molecule is CCCCOc1c(Cl)cc(SC)cc1Cl. The molecule has 0 N–H and O–H groups in total. The van der Waals surface area contributed by atoms with E-state index in [4.69, 9.17) is 27.9 Å². The van der Waals surface area contributed by atoms with Crippen LogP contribution in [0.25, 0.3) is 0 Å². The Balaban J connectivity index is 2.79. The summed E-state index contributed by atoms with van der Waals surface area (Å²) in [4.78, 5) is 1.05. The number of hydrogen-bond acceptors (Lipinski definition) is 2. The molecule has 4 heteroatoms. The molecule has 0 aliphatic carbocycles. The first kappa shape index (κ1) is 13.0. The summed E-state index contributed by atoms with van der Waals surface area (Å²) in [5.74, 6) is 0.601. The molecule has 15 heavy (non-hydrogen) atoms. The van der Waals surface area contributed by atoms with Crippen molar-refractivity contribution in [2.24, 2.45) is 0 Å². The smallest absolute Gasteiger partial charge is 0.156 e. The molecule has 0 atom stereocenters. The highest BCUT2D eigenvalue weighted by Crippen LogP contribution is 2.36. The van der Waals surface area contributed by atoms with E-state index in [1.165, 1.54) is 0 Å². The van der Waals surface area contributed by atoms with Crippen molar-refractivity contribution in [3.63, 3.8) is 0 Å². The third-order valence-corrected chi connectivity index (χ3v) is 3.22. The van der Waals surface area contributed by atoms with Crippen molar-refractivity contribution in [1.29, 1.82) is 0 Å². The molecule has 0 aromatic heterocycles. The van der Waals surface area contributed by atoms with Gasteiger partial charge in [-0.2, -0.15) is 0 Å². The lowest BCUT2D eigenvalue weighted by molar-refractivity contribution is 0.309. The van der Waals surface area contributed by atoms with Crippen LogP contribution in [-0.4, -0.2) is 12.9 Å². The van der Waals surface area contributed by atoms with E-state index in [2.05, 4.69) is 6.92 Å². The first-order valence-corrected chi connectivity index (χ1v) is 6.83. The van der Waals surface area contributed by atoms with Crippen molar-refractivity contribution in [3.8, 4) is 5.75 Å². The van der Waals surface area contributed by atoms with Crippen molar-refractivity contribution < 1.29 is 4.74 Å². The van der Waals surface area contributed by atoms with Crippen LogP contribution in [0.2, 0.25) is 10.0 Å². The van der Waals surface area contributed by atoms with Gasteiger partial charge in [0.15, 0.2) is 5.75 Å². The number of hydrogen-bond donors (Lipinski definition) is 0. The Morgan fingerprint density at radius 2 is 1.87 bits per heavy atom. The quantitative estimate of drug-likeness (QED) is 0.553. The van der Waals surface area contributed by atoms with E-state index < -0.39 is 0 Å². The highest BCUT2D eigenvalue weighted by molar-refractivity contribution is 7.98. The molecule has 0 aliphatic heterocycles. The van der Waals surface area contributed by atoms with Gasteiger partial charge in [0.05, 0.1) is 16.7 Å². The molecule has 1 aromatic carbocycles. The lowest BCUT2D eigenvalue weighted by Gasteiger charge is -2.10. The minimum absolute atomic E-state index is 0.586. The van der Waals surface area contributed by atoms with Crippen molar-refractivity contribution in [2.75, 3.05) is 12.9 Å². The van der Waals surface area contributed by atoms with E-state index in [0.29, 0.717) is 22.4 Å². The third-order valence-electron chi connectivity index (χ3n) is 1.95. The van der Waals surface area contributed by atoms with E-state index in [9.17, 15) is 0 Å². The van der Waals surface area contributed by atoms with Gasteiger partial charge in [-0.25, -0.2) is 0 Å². The van der Waals surface area contributed by atoms with Gasteiger partial charge in [-0.3, -0.25) is 0 Å². The Bertz CT molecular complexity index is 305. The highest BCUT2D eigenvalue weighted by Gasteiger charge is 2.08. The van der Waals surface area contributed by atoms with Crippen LogP contribution in [0.1, 0.15) is 19.8 Å². The Morgan fingerprint density at radius 1 is 1.27 bits per heavy atom. The summed E-state index contributed by atoms with van der Waals surface area (Å²) in [7, 11) is 0. The minimum Gasteiger partial charge on any atom is -0.490 e. The van der Waals surface area contributed by atoms with Gasteiger partial charge in [-0.05, 0) is 24.8 Å². The van der Waals surface area contributed by atoms with Crippen molar-refractivity contribution in [2.45, 2.75) is 24.7 Å². The van der Waals surface area contributed by atoms with Gasteiger partial charge < -0.3 is 4.74 Å². The van der Waals surface area contributed by atoms with E-state index in [1.54, 1.807) is 11.8 Å². The molecule has 1 nitrogen and oxygen atoms in total. The lowest BCUT2D eigenvalue weighted by Crippen LogP contribution is -1.97. The summed E-state index contributed by atoms with van der Waals surface area (Å²) in [5.41, 5.74) is 0. The Hall–Kier alpha value is -0.0500. The second kappa shape index (κ2) is 6.51. The molecule has 0 unspecified atom stereocenters. The van der Waals surface area contributed by atoms with E-state index in [-0.39, 0.29) is 0 Å². The van der Waals surface area contributed by atoms with Gasteiger partial charge in [0, 0.05) is 4.90 Å². The fourth-order valence-electron chi connectivity index (χ4n) is 1.11. The van der Waals surface area contributed by atoms with Crippen molar-refractivity contribution in [1.82, 2.24) is 0 Å². The molecule has 0 saturated carbocycles. The lowest BCUT2D eigenvalue weighted by atomic mass is 10.3. The summed E-state index contributed by atoms with van der Waals surface area (Å²) >= 11 is 13.7. The second-order valence-corrected chi connectivity index (χ2v) is 4.82. The number of ether oxygens (including phenoxy) is 1. The molecule has 0 amide bonds. The summed E-state index contributed by atoms with van der Waals surface area (Å²) in [5, 5.41) is 1.17. The summed E-state index contributed by atoms with van der Waals surface area (Å²) in [6.07, 6.45) is 4.09. The monoisotopic (exact) mass is 264 g/mol. The summed E-state index contributed by atoms with van der Waals surface area (Å²) in [6.45, 7) is 2.78. The molecule has 0 bridgehead atoms. The van der Waals surface area contributed by atoms with Gasteiger partial charge in [0.25, 0.3) is 0 Å². The van der Waals surface area contributed by atoms with Crippen LogP contribution in [0.15, 0.2) is 17.0 Å². The zero-order chi connectivity index (χ0) is 11.3. The van der Waals surface area contributed by atoms with Crippen LogP contribution < -0.4 is 4.74 Å². The molecule has 0 fully saturated rings. The van der Waals surface area contributed by atoms with Crippen LogP contribution in [-0.2, 0) is 0 Å². The molecule has 0 radical (unpaired) electrons. The summed E-state index contributed by atoms with van der Waals surface area (Å²) < 4.78 is 5.53. The number of rotatable bonds is 5. The second-order valence-electron chi connectivity index (χ2n) is 3.12. The Morgan fingerprint density at radius 3 is 2.33 bits per heavy atom. The van der Waals surface area contributed by atoms with Gasteiger partial charge in [-0.1, -0.05) is 36.5 Å². The average Bonchev–Trinajstić information content (AvgIpc) is 2.22.